The van der Waals surface area contributed by atoms with Gasteiger partial charge in [0.05, 0.1) is 0 Å². The molecule has 0 rings (SSSR count). The van der Waals surface area contributed by atoms with Crippen LogP contribution in [-0.4, -0.2) is 35.9 Å². The molecule has 0 aliphatic carbocycles. The molecule has 0 aliphatic rings. The van der Waals surface area contributed by atoms with E-state index in [2.05, 4.69) is 93.7 Å². The fourth-order valence-corrected chi connectivity index (χ4v) is 1.90. The van der Waals surface area contributed by atoms with E-state index in [0.717, 1.165) is 13.1 Å². The van der Waals surface area contributed by atoms with E-state index in [0.29, 0.717) is 0 Å². The Bertz CT molecular complexity index is 417. The van der Waals surface area contributed by atoms with Gasteiger partial charge in [0, 0.05) is 33.7 Å². The molecule has 0 radical (unpaired) electrons. The summed E-state index contributed by atoms with van der Waals surface area (Å²) in [6, 6.07) is 0. The maximum Gasteiger partial charge on any atom is 0.103 e. The lowest BCUT2D eigenvalue weighted by Gasteiger charge is -2.49. The van der Waals surface area contributed by atoms with Crippen molar-refractivity contribution in [3.05, 3.63) is 0 Å². The Labute approximate surface area is 165 Å². The molecule has 2 nitrogen and oxygen atoms in total. The molecule has 0 fully saturated rings. The molecular formula is C20H44N2S2. The summed E-state index contributed by atoms with van der Waals surface area (Å²) < 4.78 is 15.3. The number of rotatable bonds is 11. The lowest BCUT2D eigenvalue weighted by Crippen LogP contribution is -2.66. The zero-order valence-corrected chi connectivity index (χ0v) is 19.9. The van der Waals surface area contributed by atoms with Gasteiger partial charge >= 0.3 is 0 Å². The third-order valence-corrected chi connectivity index (χ3v) is 7.87. The topological polar surface area (TPSA) is 24.1 Å². The highest BCUT2D eigenvalue weighted by Crippen LogP contribution is 2.37. The second kappa shape index (κ2) is 7.32. The Morgan fingerprint density at radius 3 is 1.04 bits per heavy atom. The fraction of sp³-hybridized carbons (Fsp3) is 1.00. The molecule has 0 heterocycles. The van der Waals surface area contributed by atoms with Gasteiger partial charge in [-0.1, -0.05) is 55.4 Å². The zero-order chi connectivity index (χ0) is 21.2. The van der Waals surface area contributed by atoms with Crippen molar-refractivity contribution >= 4 is 25.1 Å². The molecule has 0 aromatic carbocycles. The molecule has 2 N–H and O–H groups in total. The van der Waals surface area contributed by atoms with Crippen molar-refractivity contribution in [3.63, 3.8) is 0 Å². The lowest BCUT2D eigenvalue weighted by atomic mass is 9.75. The van der Waals surface area contributed by atoms with Crippen molar-refractivity contribution in [2.75, 3.05) is 13.1 Å². The van der Waals surface area contributed by atoms with Crippen LogP contribution in [0.2, 0.25) is 0 Å². The van der Waals surface area contributed by atoms with Crippen molar-refractivity contribution in [3.8, 4) is 0 Å². The van der Waals surface area contributed by atoms with Crippen LogP contribution in [0.4, 0.5) is 0 Å². The standard InChI is InChI=1S/C20H44N2S2/c1-15(2,19(9,10)23)13-21-17(5,6)18(7,8)22-14-16(3,4)20(11,12)24/h21-24H,13-14H2,1-12H3/i/hT2. The van der Waals surface area contributed by atoms with Crippen molar-refractivity contribution < 1.29 is 0 Å². The van der Waals surface area contributed by atoms with E-state index in [1.807, 2.05) is 0 Å². The van der Waals surface area contributed by atoms with Crippen molar-refractivity contribution in [1.29, 1.82) is 2.25 Å². The Morgan fingerprint density at radius 1 is 0.583 bits per heavy atom. The molecule has 24 heavy (non-hydrogen) atoms. The maximum absolute atomic E-state index is 7.79. The molecule has 4 heteroatoms. The average molecular weight is 381 g/mol. The first-order valence-electron chi connectivity index (χ1n) is 9.89. The predicted octanol–water partition coefficient (Wildman–Crippen LogP) is 5.19. The minimum Gasteiger partial charge on any atom is -0.309 e. The lowest BCUT2D eigenvalue weighted by molar-refractivity contribution is 0.137. The van der Waals surface area contributed by atoms with Crippen molar-refractivity contribution in [2.45, 2.75) is 104 Å². The molecule has 0 unspecified atom stereocenters. The molecule has 0 spiro atoms. The van der Waals surface area contributed by atoms with Crippen LogP contribution in [0.5, 0.6) is 0 Å². The summed E-state index contributed by atoms with van der Waals surface area (Å²) in [6.07, 6.45) is 0. The van der Waals surface area contributed by atoms with Gasteiger partial charge < -0.3 is 10.6 Å². The summed E-state index contributed by atoms with van der Waals surface area (Å²) in [4.78, 5) is 0. The van der Waals surface area contributed by atoms with E-state index in [-0.39, 0.29) is 31.4 Å². The molecule has 0 saturated carbocycles. The Kier molecular flexibility index (Phi) is 6.39. The first-order valence-corrected chi connectivity index (χ1v) is 9.89. The highest BCUT2D eigenvalue weighted by Gasteiger charge is 2.42. The second-order valence-electron chi connectivity index (χ2n) is 10.7. The molecule has 0 aliphatic heterocycles. The maximum atomic E-state index is 7.79. The third-order valence-electron chi connectivity index (χ3n) is 6.77. The summed E-state index contributed by atoms with van der Waals surface area (Å²) >= 11 is 2.37. The summed E-state index contributed by atoms with van der Waals surface area (Å²) in [5, 5.41) is 7.54. The van der Waals surface area contributed by atoms with Gasteiger partial charge in [-0.15, -0.1) is 0 Å². The summed E-state index contributed by atoms with van der Waals surface area (Å²) in [6.45, 7) is 28.2. The first-order chi connectivity index (χ1) is 11.3. The molecule has 0 atom stereocenters. The van der Waals surface area contributed by atoms with Gasteiger partial charge in [-0.05, 0) is 38.5 Å². The minimum absolute atomic E-state index is 0.00408. The van der Waals surface area contributed by atoms with Crippen LogP contribution in [0.1, 0.15) is 83.1 Å². The van der Waals surface area contributed by atoms with Gasteiger partial charge in [-0.2, -0.15) is 25.1 Å². The Morgan fingerprint density at radius 2 is 0.833 bits per heavy atom. The summed E-state index contributed by atoms with van der Waals surface area (Å²) in [5.41, 5.74) is -0.255. The third kappa shape index (κ3) is 6.10. The smallest absolute Gasteiger partial charge is 0.103 e. The van der Waals surface area contributed by atoms with Gasteiger partial charge in [-0.25, -0.2) is 0 Å². The van der Waals surface area contributed by atoms with Gasteiger partial charge in [0.1, 0.15) is 2.25 Å². The van der Waals surface area contributed by atoms with Crippen LogP contribution >= 0.6 is 25.1 Å². The van der Waals surface area contributed by atoms with E-state index < -0.39 is 0 Å². The van der Waals surface area contributed by atoms with Crippen molar-refractivity contribution in [2.24, 2.45) is 10.8 Å². The molecule has 0 saturated heterocycles. The molecule has 0 amide bonds. The molecule has 0 bridgehead atoms. The minimum atomic E-state index is -0.124. The van der Waals surface area contributed by atoms with Gasteiger partial charge in [-0.3, -0.25) is 0 Å². The number of nitrogens with one attached hydrogen (secondary N) is 2. The Hall–Kier alpha value is 0.620. The quantitative estimate of drug-likeness (QED) is 0.371. The summed E-state index contributed by atoms with van der Waals surface area (Å²) in [5.74, 6) is 0. The van der Waals surface area contributed by atoms with Gasteiger partial charge in [0.2, 0.25) is 0 Å². The highest BCUT2D eigenvalue weighted by atomic mass is 32.1. The van der Waals surface area contributed by atoms with Gasteiger partial charge in [0.25, 0.3) is 0 Å². The van der Waals surface area contributed by atoms with Crippen LogP contribution in [0, 0.1) is 10.8 Å². The predicted molar refractivity (Wildman–Crippen MR) is 118 cm³/mol. The zero-order valence-electron chi connectivity index (χ0n) is 20.2. The highest BCUT2D eigenvalue weighted by molar-refractivity contribution is 7.82. The molecule has 146 valence electrons. The van der Waals surface area contributed by atoms with E-state index in [1.54, 1.807) is 0 Å². The van der Waals surface area contributed by atoms with E-state index in [1.165, 1.54) is 25.1 Å². The van der Waals surface area contributed by atoms with Crippen LogP contribution in [0.3, 0.4) is 0 Å². The monoisotopic (exact) mass is 380 g/mol. The Balaban J connectivity index is 5.11. The first kappa shape index (κ1) is 20.9. The summed E-state index contributed by atoms with van der Waals surface area (Å²) in [7, 11) is 0. The van der Waals surface area contributed by atoms with Crippen LogP contribution in [-0.2, 0) is 0 Å². The largest absolute Gasteiger partial charge is 0.309 e. The number of hydrogen-bond donors (Lipinski definition) is 4. The van der Waals surface area contributed by atoms with Crippen LogP contribution in [0.15, 0.2) is 0 Å². The van der Waals surface area contributed by atoms with E-state index in [4.69, 9.17) is 2.25 Å². The van der Waals surface area contributed by atoms with E-state index in [9.17, 15) is 0 Å². The van der Waals surface area contributed by atoms with Crippen LogP contribution in [0.25, 0.3) is 0 Å². The second-order valence-corrected chi connectivity index (χ2v) is 12.8. The van der Waals surface area contributed by atoms with Crippen LogP contribution < -0.4 is 10.6 Å². The molecular weight excluding hydrogens is 332 g/mol. The van der Waals surface area contributed by atoms with E-state index >= 15 is 0 Å². The SMILES string of the molecule is [3H]SC(C)(C)C(C)(C)CNC(C)(C)C(C)(C)NCC(C)(C)C(C)(C)S[3H]. The fourth-order valence-electron chi connectivity index (χ4n) is 1.75. The molecule has 0 aromatic rings. The number of thiol groups is 2. The van der Waals surface area contributed by atoms with Gasteiger partial charge in [0.15, 0.2) is 0 Å². The average Bonchev–Trinajstić information content (AvgIpc) is 2.50. The number of hydrogen-bond acceptors (Lipinski definition) is 4. The van der Waals surface area contributed by atoms with Crippen molar-refractivity contribution in [1.82, 2.24) is 10.6 Å². The molecule has 0 aromatic heterocycles. The normalized spacial score (nSPS) is 16.8.